The fourth-order valence-corrected chi connectivity index (χ4v) is 4.28. The van der Waals surface area contributed by atoms with Gasteiger partial charge in [-0.1, -0.05) is 12.1 Å². The average molecular weight is 623 g/mol. The number of alkyl halides is 3. The first kappa shape index (κ1) is 32.8. The first-order valence-electron chi connectivity index (χ1n) is 11.9. The number of carbonyl (C=O) groups excluding carboxylic acids is 2. The first-order chi connectivity index (χ1) is 19.3. The van der Waals surface area contributed by atoms with E-state index >= 15 is 0 Å². The largest absolute Gasteiger partial charge is 0.466 e. The Morgan fingerprint density at radius 2 is 1.64 bits per heavy atom. The number of nitrogens with two attached hydrogens (primary N) is 2. The van der Waals surface area contributed by atoms with E-state index in [1.165, 1.54) is 29.2 Å². The number of rotatable bonds is 6. The van der Waals surface area contributed by atoms with Crippen LogP contribution in [0, 0.1) is 17.5 Å². The third-order valence-electron chi connectivity index (χ3n) is 6.04. The molecule has 42 heavy (non-hydrogen) atoms. The van der Waals surface area contributed by atoms with Gasteiger partial charge in [0.1, 0.15) is 5.82 Å². The average Bonchev–Trinajstić information content (AvgIpc) is 3.26. The quantitative estimate of drug-likeness (QED) is 0.158. The highest BCUT2D eigenvalue weighted by Gasteiger charge is 2.41. The maximum atomic E-state index is 13.9. The number of phosphoric acid groups is 1. The van der Waals surface area contributed by atoms with Crippen LogP contribution in [0.3, 0.4) is 0 Å². The summed E-state index contributed by atoms with van der Waals surface area (Å²) in [6.45, 7) is -0.506. The monoisotopic (exact) mass is 623 g/mol. The van der Waals surface area contributed by atoms with Crippen LogP contribution in [0.5, 0.6) is 0 Å². The van der Waals surface area contributed by atoms with Crippen molar-refractivity contribution in [2.24, 2.45) is 11.5 Å². The van der Waals surface area contributed by atoms with Gasteiger partial charge < -0.3 is 35.6 Å². The van der Waals surface area contributed by atoms with E-state index in [0.717, 1.165) is 4.57 Å². The fraction of sp³-hybridized carbons (Fsp3) is 0.292. The zero-order valence-corrected chi connectivity index (χ0v) is 22.2. The third-order valence-corrected chi connectivity index (χ3v) is 6.04. The Morgan fingerprint density at radius 3 is 2.24 bits per heavy atom. The molecule has 0 spiro atoms. The van der Waals surface area contributed by atoms with Crippen molar-refractivity contribution in [1.82, 2.24) is 14.5 Å². The molecular weight excluding hydrogens is 599 g/mol. The van der Waals surface area contributed by atoms with Crippen molar-refractivity contribution in [3.05, 3.63) is 76.5 Å². The highest BCUT2D eigenvalue weighted by molar-refractivity contribution is 7.45. The number of primary amides is 1. The van der Waals surface area contributed by atoms with Gasteiger partial charge in [0.15, 0.2) is 11.6 Å². The summed E-state index contributed by atoms with van der Waals surface area (Å²) in [7, 11) is -4.64. The minimum absolute atomic E-state index is 0.0546. The van der Waals surface area contributed by atoms with Gasteiger partial charge in [-0.05, 0) is 30.2 Å². The van der Waals surface area contributed by atoms with Crippen LogP contribution in [-0.2, 0) is 35.0 Å². The molecule has 0 saturated heterocycles. The molecule has 0 fully saturated rings. The summed E-state index contributed by atoms with van der Waals surface area (Å²) in [5.41, 5.74) is 11.4. The molecule has 11 nitrogen and oxygen atoms in total. The van der Waals surface area contributed by atoms with Crippen molar-refractivity contribution in [3.8, 4) is 11.3 Å². The summed E-state index contributed by atoms with van der Waals surface area (Å²) >= 11 is 0. The minimum Gasteiger partial charge on any atom is -0.366 e. The molecule has 228 valence electrons. The number of fused-ring (bicyclic) bond motifs is 1. The number of halogens is 6. The molecule has 1 aliphatic rings. The number of amides is 2. The van der Waals surface area contributed by atoms with Crippen LogP contribution in [0.25, 0.3) is 11.3 Å². The summed E-state index contributed by atoms with van der Waals surface area (Å²) in [5.74, 6) is -6.05. The molecule has 2 amide bonds. The van der Waals surface area contributed by atoms with Crippen molar-refractivity contribution in [2.45, 2.75) is 38.1 Å². The van der Waals surface area contributed by atoms with E-state index in [2.05, 4.69) is 4.98 Å². The molecule has 0 aliphatic carbocycles. The van der Waals surface area contributed by atoms with Gasteiger partial charge in [0.05, 0.1) is 17.9 Å². The standard InChI is InChI=1S/C24H21F6N5O2.H3O4P/c25-16-10-18(27)17(26)8-14(16)7-15(31)9-20(36)34-4-5-35-19(11-34)21(33-23(35)24(28,29)30)12-2-1-3-13(6-12)22(32)37;1-5(2,3)4/h1-3,6,8,10,15H,4-5,7,9,11,31H2,(H2,32,37);(H3,1,2,3,4)/t15-;/m1./s1. The van der Waals surface area contributed by atoms with Crippen molar-refractivity contribution < 1.29 is 55.2 Å². The molecule has 18 heteroatoms. The topological polar surface area (TPSA) is 185 Å². The molecule has 4 rings (SSSR count). The van der Waals surface area contributed by atoms with Crippen molar-refractivity contribution >= 4 is 19.6 Å². The SMILES string of the molecule is NC(=O)c1cccc(-c2nc(C(F)(F)F)n3c2CN(C(=O)C[C@H](N)Cc2cc(F)c(F)cc2F)CC3)c1.O=P(O)(O)O. The molecule has 3 aromatic rings. The predicted octanol–water partition coefficient (Wildman–Crippen LogP) is 2.46. The number of imidazole rings is 1. The van der Waals surface area contributed by atoms with E-state index in [1.54, 1.807) is 0 Å². The zero-order chi connectivity index (χ0) is 31.6. The second kappa shape index (κ2) is 12.6. The molecule has 1 atom stereocenters. The minimum atomic E-state index is -4.77. The van der Waals surface area contributed by atoms with Crippen LogP contribution in [-0.4, -0.2) is 53.5 Å². The molecule has 0 radical (unpaired) electrons. The van der Waals surface area contributed by atoms with Crippen LogP contribution in [0.4, 0.5) is 26.3 Å². The Balaban J connectivity index is 0.000000892. The number of aromatic nitrogens is 2. The summed E-state index contributed by atoms with van der Waals surface area (Å²) in [5, 5.41) is 0. The van der Waals surface area contributed by atoms with E-state index in [-0.39, 0.29) is 60.6 Å². The highest BCUT2D eigenvalue weighted by atomic mass is 31.2. The lowest BCUT2D eigenvalue weighted by Gasteiger charge is -2.30. The molecule has 2 aromatic carbocycles. The Morgan fingerprint density at radius 1 is 1.02 bits per heavy atom. The van der Waals surface area contributed by atoms with E-state index in [0.29, 0.717) is 12.1 Å². The molecule has 7 N–H and O–H groups in total. The Kier molecular flexibility index (Phi) is 9.85. The van der Waals surface area contributed by atoms with Gasteiger partial charge in [0, 0.05) is 42.7 Å². The van der Waals surface area contributed by atoms with E-state index < -0.39 is 55.1 Å². The second-order valence-electron chi connectivity index (χ2n) is 9.18. The predicted molar refractivity (Wildman–Crippen MR) is 133 cm³/mol. The van der Waals surface area contributed by atoms with E-state index in [4.69, 9.17) is 30.7 Å². The molecule has 1 aromatic heterocycles. The second-order valence-corrected chi connectivity index (χ2v) is 10.2. The third kappa shape index (κ3) is 8.39. The first-order valence-corrected chi connectivity index (χ1v) is 13.4. The van der Waals surface area contributed by atoms with Gasteiger partial charge in [-0.3, -0.25) is 9.59 Å². The van der Waals surface area contributed by atoms with Crippen LogP contribution in [0.15, 0.2) is 36.4 Å². The number of carbonyl (C=O) groups is 2. The summed E-state index contributed by atoms with van der Waals surface area (Å²) < 4.78 is 91.5. The van der Waals surface area contributed by atoms with Crippen LogP contribution in [0.2, 0.25) is 0 Å². The van der Waals surface area contributed by atoms with Crippen molar-refractivity contribution in [1.29, 1.82) is 0 Å². The molecular formula is C24H24F6N5O6P. The lowest BCUT2D eigenvalue weighted by molar-refractivity contribution is -0.148. The molecule has 1 aliphatic heterocycles. The maximum absolute atomic E-state index is 13.9. The van der Waals surface area contributed by atoms with E-state index in [9.17, 15) is 35.9 Å². The summed E-state index contributed by atoms with van der Waals surface area (Å²) in [4.78, 5) is 51.1. The molecule has 0 unspecified atom stereocenters. The number of hydrogen-bond acceptors (Lipinski definition) is 5. The van der Waals surface area contributed by atoms with Crippen LogP contribution < -0.4 is 11.5 Å². The summed E-state index contributed by atoms with van der Waals surface area (Å²) in [6, 6.07) is 5.75. The van der Waals surface area contributed by atoms with Crippen molar-refractivity contribution in [2.75, 3.05) is 6.54 Å². The normalized spacial score (nSPS) is 14.1. The molecule has 0 bridgehead atoms. The van der Waals surface area contributed by atoms with Gasteiger partial charge >= 0.3 is 14.0 Å². The lowest BCUT2D eigenvalue weighted by Crippen LogP contribution is -2.42. The van der Waals surface area contributed by atoms with Crippen molar-refractivity contribution in [3.63, 3.8) is 0 Å². The number of benzene rings is 2. The lowest BCUT2D eigenvalue weighted by atomic mass is 10.0. The maximum Gasteiger partial charge on any atom is 0.466 e. The number of nitrogens with zero attached hydrogens (tertiary/aromatic N) is 3. The van der Waals surface area contributed by atoms with Crippen LogP contribution >= 0.6 is 7.82 Å². The Hall–Kier alpha value is -3.76. The smallest absolute Gasteiger partial charge is 0.366 e. The Bertz CT molecular complexity index is 1530. The van der Waals surface area contributed by atoms with Gasteiger partial charge in [-0.2, -0.15) is 13.2 Å². The van der Waals surface area contributed by atoms with Gasteiger partial charge in [-0.25, -0.2) is 22.7 Å². The summed E-state index contributed by atoms with van der Waals surface area (Å²) in [6.07, 6.45) is -5.34. The Labute approximate surface area is 233 Å². The molecule has 0 saturated carbocycles. The number of hydrogen-bond donors (Lipinski definition) is 5. The van der Waals surface area contributed by atoms with E-state index in [1.807, 2.05) is 0 Å². The fourth-order valence-electron chi connectivity index (χ4n) is 4.28. The molecule has 2 heterocycles. The van der Waals surface area contributed by atoms with Crippen LogP contribution in [0.1, 0.15) is 33.9 Å². The highest BCUT2D eigenvalue weighted by Crippen LogP contribution is 2.36. The van der Waals surface area contributed by atoms with Gasteiger partial charge in [0.25, 0.3) is 0 Å². The van der Waals surface area contributed by atoms with Gasteiger partial charge in [0.2, 0.25) is 17.6 Å². The van der Waals surface area contributed by atoms with Gasteiger partial charge in [-0.15, -0.1) is 0 Å². The zero-order valence-electron chi connectivity index (χ0n) is 21.4.